The molecule has 0 saturated heterocycles. The summed E-state index contributed by atoms with van der Waals surface area (Å²) in [6.45, 7) is -0.457. The summed E-state index contributed by atoms with van der Waals surface area (Å²) in [6, 6.07) is 7.01. The van der Waals surface area contributed by atoms with Crippen molar-refractivity contribution in [3.05, 3.63) is 42.2 Å². The van der Waals surface area contributed by atoms with Gasteiger partial charge in [-0.05, 0) is 17.7 Å². The molecule has 0 bridgehead atoms. The lowest BCUT2D eigenvalue weighted by Gasteiger charge is -2.07. The maximum Gasteiger partial charge on any atom is 0.236 e. The summed E-state index contributed by atoms with van der Waals surface area (Å²) in [5.41, 5.74) is 0.956. The molecule has 0 fully saturated rings. The molecule has 0 aliphatic rings. The van der Waals surface area contributed by atoms with Crippen LogP contribution in [0.4, 0.5) is 10.2 Å². The molecule has 1 aromatic heterocycles. The van der Waals surface area contributed by atoms with Crippen molar-refractivity contribution in [1.29, 1.82) is 0 Å². The molecular formula is C12H13FN4O2S. The van der Waals surface area contributed by atoms with Crippen LogP contribution >= 0.6 is 0 Å². The number of aromatic nitrogens is 2. The van der Waals surface area contributed by atoms with Crippen LogP contribution in [-0.4, -0.2) is 21.0 Å². The quantitative estimate of drug-likeness (QED) is 0.840. The number of alkyl halides is 1. The predicted octanol–water partition coefficient (Wildman–Crippen LogP) is 1.38. The lowest BCUT2D eigenvalue weighted by Crippen LogP contribution is -2.05. The molecule has 0 spiro atoms. The standard InChI is InChI=1S/C12H13FN4O2S/c13-8-19-12-7-15-6-11(17-12)16-5-9-1-3-10(4-2-9)20(14)18/h1-4,6-7H,5,8,14H2,(H,16,17). The Kier molecular flexibility index (Phi) is 4.97. The number of halogens is 1. The number of hydrogen-bond acceptors (Lipinski definition) is 5. The Hall–Kier alpha value is -2.06. The van der Waals surface area contributed by atoms with Crippen LogP contribution in [0.1, 0.15) is 5.56 Å². The van der Waals surface area contributed by atoms with Crippen molar-refractivity contribution in [2.24, 2.45) is 5.14 Å². The second kappa shape index (κ2) is 6.92. The fourth-order valence-corrected chi connectivity index (χ4v) is 1.90. The smallest absolute Gasteiger partial charge is 0.236 e. The first-order valence-corrected chi connectivity index (χ1v) is 6.90. The number of ether oxygens (including phenoxy) is 1. The molecule has 6 nitrogen and oxygen atoms in total. The van der Waals surface area contributed by atoms with E-state index in [2.05, 4.69) is 20.0 Å². The Bertz CT molecular complexity index is 594. The zero-order valence-corrected chi connectivity index (χ0v) is 11.3. The first kappa shape index (κ1) is 14.4. The summed E-state index contributed by atoms with van der Waals surface area (Å²) in [5, 5.41) is 8.29. The van der Waals surface area contributed by atoms with Crippen LogP contribution in [0, 0.1) is 0 Å². The highest BCUT2D eigenvalue weighted by atomic mass is 32.2. The number of nitrogens with zero attached hydrogens (tertiary/aromatic N) is 2. The van der Waals surface area contributed by atoms with E-state index in [0.29, 0.717) is 17.3 Å². The van der Waals surface area contributed by atoms with E-state index in [4.69, 9.17) is 5.14 Å². The lowest BCUT2D eigenvalue weighted by molar-refractivity contribution is 0.184. The zero-order valence-electron chi connectivity index (χ0n) is 10.5. The van der Waals surface area contributed by atoms with E-state index in [-0.39, 0.29) is 5.88 Å². The molecule has 0 aliphatic carbocycles. The largest absolute Gasteiger partial charge is 0.445 e. The summed E-state index contributed by atoms with van der Waals surface area (Å²) in [4.78, 5) is 8.46. The normalized spacial score (nSPS) is 11.9. The molecule has 3 N–H and O–H groups in total. The molecule has 2 aromatic rings. The minimum absolute atomic E-state index is 0.117. The maximum atomic E-state index is 12.0. The topological polar surface area (TPSA) is 90.1 Å². The molecular weight excluding hydrogens is 283 g/mol. The van der Waals surface area contributed by atoms with Crippen LogP contribution in [0.2, 0.25) is 0 Å². The highest BCUT2D eigenvalue weighted by molar-refractivity contribution is 7.82. The van der Waals surface area contributed by atoms with Crippen molar-refractivity contribution in [2.45, 2.75) is 11.4 Å². The molecule has 20 heavy (non-hydrogen) atoms. The second-order valence-corrected chi connectivity index (χ2v) is 4.86. The number of benzene rings is 1. The molecule has 2 rings (SSSR count). The number of nitrogens with two attached hydrogens (primary N) is 1. The van der Waals surface area contributed by atoms with Gasteiger partial charge in [0.05, 0.1) is 17.3 Å². The second-order valence-electron chi connectivity index (χ2n) is 3.79. The van der Waals surface area contributed by atoms with Gasteiger partial charge < -0.3 is 10.1 Å². The van der Waals surface area contributed by atoms with Crippen LogP contribution < -0.4 is 15.2 Å². The number of nitrogens with one attached hydrogen (secondary N) is 1. The minimum atomic E-state index is -1.48. The first-order valence-electron chi connectivity index (χ1n) is 5.69. The van der Waals surface area contributed by atoms with Gasteiger partial charge >= 0.3 is 0 Å². The summed E-state index contributed by atoms with van der Waals surface area (Å²) >= 11 is 0. The highest BCUT2D eigenvalue weighted by Crippen LogP contribution is 2.11. The third kappa shape index (κ3) is 3.97. The Morgan fingerprint density at radius 2 is 2.05 bits per heavy atom. The van der Waals surface area contributed by atoms with Crippen LogP contribution in [0.3, 0.4) is 0 Å². The van der Waals surface area contributed by atoms with E-state index in [1.54, 1.807) is 12.1 Å². The summed E-state index contributed by atoms with van der Waals surface area (Å²) in [6.07, 6.45) is 2.84. The first-order chi connectivity index (χ1) is 9.69. The molecule has 1 aromatic carbocycles. The fraction of sp³-hybridized carbons (Fsp3) is 0.167. The average Bonchev–Trinajstić information content (AvgIpc) is 2.46. The Morgan fingerprint density at radius 3 is 2.70 bits per heavy atom. The van der Waals surface area contributed by atoms with Crippen molar-refractivity contribution in [2.75, 3.05) is 12.2 Å². The number of rotatable bonds is 6. The molecule has 0 radical (unpaired) electrons. The van der Waals surface area contributed by atoms with Gasteiger partial charge in [-0.3, -0.25) is 4.98 Å². The van der Waals surface area contributed by atoms with Gasteiger partial charge in [0.25, 0.3) is 0 Å². The minimum Gasteiger partial charge on any atom is -0.445 e. The number of anilines is 1. The molecule has 0 saturated carbocycles. The monoisotopic (exact) mass is 296 g/mol. The van der Waals surface area contributed by atoms with Gasteiger partial charge in [-0.15, -0.1) is 0 Å². The van der Waals surface area contributed by atoms with E-state index >= 15 is 0 Å². The average molecular weight is 296 g/mol. The Morgan fingerprint density at radius 1 is 1.30 bits per heavy atom. The fourth-order valence-electron chi connectivity index (χ4n) is 1.49. The third-order valence-electron chi connectivity index (χ3n) is 2.44. The third-order valence-corrected chi connectivity index (χ3v) is 3.18. The van der Waals surface area contributed by atoms with Crippen molar-refractivity contribution >= 4 is 16.8 Å². The van der Waals surface area contributed by atoms with Gasteiger partial charge in [0.2, 0.25) is 12.7 Å². The van der Waals surface area contributed by atoms with Crippen LogP contribution in [0.25, 0.3) is 0 Å². The molecule has 1 atom stereocenters. The van der Waals surface area contributed by atoms with Crippen LogP contribution in [0.5, 0.6) is 5.88 Å². The van der Waals surface area contributed by atoms with Crippen molar-refractivity contribution in [1.82, 2.24) is 9.97 Å². The SMILES string of the molecule is NS(=O)c1ccc(CNc2cncc(OCF)n2)cc1. The lowest BCUT2D eigenvalue weighted by atomic mass is 10.2. The summed E-state index contributed by atoms with van der Waals surface area (Å²) in [7, 11) is -1.48. The predicted molar refractivity (Wildman–Crippen MR) is 73.0 cm³/mol. The summed E-state index contributed by atoms with van der Waals surface area (Å²) < 4.78 is 27.7. The van der Waals surface area contributed by atoms with E-state index in [1.165, 1.54) is 12.4 Å². The summed E-state index contributed by atoms with van der Waals surface area (Å²) in [5.74, 6) is 0.591. The Labute approximate surface area is 117 Å². The molecule has 8 heteroatoms. The molecule has 1 unspecified atom stereocenters. The van der Waals surface area contributed by atoms with E-state index < -0.39 is 17.8 Å². The van der Waals surface area contributed by atoms with Crippen LogP contribution in [-0.2, 0) is 17.5 Å². The molecule has 0 amide bonds. The van der Waals surface area contributed by atoms with Gasteiger partial charge in [-0.2, -0.15) is 4.98 Å². The van der Waals surface area contributed by atoms with Gasteiger partial charge in [-0.25, -0.2) is 13.7 Å². The highest BCUT2D eigenvalue weighted by Gasteiger charge is 2.01. The zero-order chi connectivity index (χ0) is 14.4. The van der Waals surface area contributed by atoms with Crippen molar-refractivity contribution in [3.8, 4) is 5.88 Å². The molecule has 106 valence electrons. The van der Waals surface area contributed by atoms with E-state index in [1.807, 2.05) is 12.1 Å². The van der Waals surface area contributed by atoms with Gasteiger partial charge in [0.15, 0.2) is 0 Å². The number of hydrogen-bond donors (Lipinski definition) is 2. The molecule has 0 aliphatic heterocycles. The van der Waals surface area contributed by atoms with Gasteiger partial charge in [0.1, 0.15) is 16.8 Å². The van der Waals surface area contributed by atoms with E-state index in [0.717, 1.165) is 5.56 Å². The molecule has 1 heterocycles. The van der Waals surface area contributed by atoms with E-state index in [9.17, 15) is 8.60 Å². The maximum absolute atomic E-state index is 12.0. The Balaban J connectivity index is 1.97. The van der Waals surface area contributed by atoms with Gasteiger partial charge in [0, 0.05) is 6.54 Å². The van der Waals surface area contributed by atoms with Crippen molar-refractivity contribution in [3.63, 3.8) is 0 Å². The van der Waals surface area contributed by atoms with Crippen LogP contribution in [0.15, 0.2) is 41.6 Å². The van der Waals surface area contributed by atoms with Gasteiger partial charge in [-0.1, -0.05) is 12.1 Å². The van der Waals surface area contributed by atoms with Crippen molar-refractivity contribution < 1.29 is 13.3 Å².